The van der Waals surface area contributed by atoms with Gasteiger partial charge in [-0.3, -0.25) is 0 Å². The van der Waals surface area contributed by atoms with E-state index < -0.39 is 12.0 Å². The first-order valence-electron chi connectivity index (χ1n) is 5.71. The first kappa shape index (κ1) is 13.8. The van der Waals surface area contributed by atoms with Gasteiger partial charge in [0.05, 0.1) is 0 Å². The Morgan fingerprint density at radius 3 is 2.41 bits per heavy atom. The second-order valence-corrected chi connectivity index (χ2v) is 4.73. The molecule has 0 radical (unpaired) electrons. The predicted molar refractivity (Wildman–Crippen MR) is 61.9 cm³/mol. The summed E-state index contributed by atoms with van der Waals surface area (Å²) < 4.78 is 5.23. The molecule has 0 aromatic rings. The average molecular weight is 244 g/mol. The molecule has 17 heavy (non-hydrogen) atoms. The zero-order valence-corrected chi connectivity index (χ0v) is 10.5. The summed E-state index contributed by atoms with van der Waals surface area (Å²) in [6.45, 7) is 4.67. The molecule has 0 aromatic heterocycles. The third-order valence-corrected chi connectivity index (χ3v) is 3.26. The van der Waals surface area contributed by atoms with Crippen molar-refractivity contribution in [1.29, 1.82) is 0 Å². The number of likely N-dealkylation sites (N-methyl/N-ethyl adjacent to an activating group) is 1. The Bertz CT molecular complexity index is 300. The molecule has 1 unspecified atom stereocenters. The first-order valence-corrected chi connectivity index (χ1v) is 5.71. The maximum absolute atomic E-state index is 11.9. The SMILES string of the molecule is CC(C(=O)O)N(C)C(=O)NC1(C)CCOCC1. The number of ether oxygens (including phenoxy) is 1. The van der Waals surface area contributed by atoms with Gasteiger partial charge in [0, 0.05) is 25.8 Å². The fraction of sp³-hybridized carbons (Fsp3) is 0.818. The van der Waals surface area contributed by atoms with Crippen LogP contribution in [0, 0.1) is 0 Å². The zero-order chi connectivity index (χ0) is 13.1. The van der Waals surface area contributed by atoms with E-state index in [2.05, 4.69) is 5.32 Å². The van der Waals surface area contributed by atoms with E-state index in [9.17, 15) is 9.59 Å². The number of carboxylic acids is 1. The number of nitrogens with one attached hydrogen (secondary N) is 1. The molecular formula is C11H20N2O4. The molecule has 6 heteroatoms. The highest BCUT2D eigenvalue weighted by atomic mass is 16.5. The van der Waals surface area contributed by atoms with Gasteiger partial charge >= 0.3 is 12.0 Å². The summed E-state index contributed by atoms with van der Waals surface area (Å²) in [5.74, 6) is -1.01. The number of carbonyl (C=O) groups is 2. The van der Waals surface area contributed by atoms with E-state index >= 15 is 0 Å². The van der Waals surface area contributed by atoms with Crippen molar-refractivity contribution in [3.63, 3.8) is 0 Å². The standard InChI is InChI=1S/C11H20N2O4/c1-8(9(14)15)13(3)10(16)12-11(2)4-6-17-7-5-11/h8H,4-7H2,1-3H3,(H,12,16)(H,14,15). The molecule has 0 spiro atoms. The van der Waals surface area contributed by atoms with Crippen LogP contribution < -0.4 is 5.32 Å². The van der Waals surface area contributed by atoms with Gasteiger partial charge in [-0.25, -0.2) is 9.59 Å². The molecule has 1 rings (SSSR count). The van der Waals surface area contributed by atoms with E-state index in [1.807, 2.05) is 6.92 Å². The first-order chi connectivity index (χ1) is 7.86. The van der Waals surface area contributed by atoms with Gasteiger partial charge in [0.2, 0.25) is 0 Å². The number of nitrogens with zero attached hydrogens (tertiary/aromatic N) is 1. The Hall–Kier alpha value is -1.30. The number of rotatable bonds is 3. The van der Waals surface area contributed by atoms with E-state index in [1.54, 1.807) is 0 Å². The summed E-state index contributed by atoms with van der Waals surface area (Å²) in [6, 6.07) is -1.19. The molecule has 0 saturated carbocycles. The number of urea groups is 1. The van der Waals surface area contributed by atoms with Gasteiger partial charge in [-0.1, -0.05) is 0 Å². The second kappa shape index (κ2) is 5.35. The molecule has 6 nitrogen and oxygen atoms in total. The van der Waals surface area contributed by atoms with Crippen molar-refractivity contribution in [3.8, 4) is 0 Å². The number of aliphatic carboxylic acids is 1. The number of amides is 2. The highest BCUT2D eigenvalue weighted by molar-refractivity contribution is 5.82. The molecule has 1 fully saturated rings. The lowest BCUT2D eigenvalue weighted by atomic mass is 9.93. The largest absolute Gasteiger partial charge is 0.480 e. The fourth-order valence-electron chi connectivity index (χ4n) is 1.63. The predicted octanol–water partition coefficient (Wildman–Crippen LogP) is 0.670. The molecule has 0 bridgehead atoms. The molecule has 1 heterocycles. The average Bonchev–Trinajstić information content (AvgIpc) is 2.27. The molecule has 2 N–H and O–H groups in total. The van der Waals surface area contributed by atoms with Gasteiger partial charge in [-0.05, 0) is 26.7 Å². The summed E-state index contributed by atoms with van der Waals surface area (Å²) in [6.07, 6.45) is 1.49. The zero-order valence-electron chi connectivity index (χ0n) is 10.5. The normalized spacial score (nSPS) is 20.4. The Kier molecular flexibility index (Phi) is 4.34. The van der Waals surface area contributed by atoms with Crippen LogP contribution >= 0.6 is 0 Å². The van der Waals surface area contributed by atoms with Crippen LogP contribution in [0.25, 0.3) is 0 Å². The molecule has 0 aromatic carbocycles. The van der Waals surface area contributed by atoms with Crippen molar-refractivity contribution in [2.24, 2.45) is 0 Å². The van der Waals surface area contributed by atoms with Crippen LogP contribution in [0.2, 0.25) is 0 Å². The van der Waals surface area contributed by atoms with Crippen LogP contribution in [0.1, 0.15) is 26.7 Å². The highest BCUT2D eigenvalue weighted by Gasteiger charge is 2.31. The van der Waals surface area contributed by atoms with Gasteiger partial charge in [0.15, 0.2) is 0 Å². The Morgan fingerprint density at radius 2 is 1.94 bits per heavy atom. The fourth-order valence-corrected chi connectivity index (χ4v) is 1.63. The summed E-state index contributed by atoms with van der Waals surface area (Å²) >= 11 is 0. The summed E-state index contributed by atoms with van der Waals surface area (Å²) in [5, 5.41) is 11.7. The number of hydrogen-bond acceptors (Lipinski definition) is 3. The third-order valence-electron chi connectivity index (χ3n) is 3.26. The van der Waals surface area contributed by atoms with Gasteiger partial charge in [0.1, 0.15) is 6.04 Å². The van der Waals surface area contributed by atoms with Crippen LogP contribution in [-0.2, 0) is 9.53 Å². The van der Waals surface area contributed by atoms with Crippen molar-refractivity contribution < 1.29 is 19.4 Å². The summed E-state index contributed by atoms with van der Waals surface area (Å²) in [5.41, 5.74) is -0.304. The molecule has 1 aliphatic heterocycles. The van der Waals surface area contributed by atoms with Crippen LogP contribution in [0.4, 0.5) is 4.79 Å². The molecule has 1 saturated heterocycles. The Balaban J connectivity index is 2.55. The van der Waals surface area contributed by atoms with Crippen LogP contribution in [0.5, 0.6) is 0 Å². The minimum Gasteiger partial charge on any atom is -0.480 e. The van der Waals surface area contributed by atoms with Crippen LogP contribution in [0.3, 0.4) is 0 Å². The maximum Gasteiger partial charge on any atom is 0.326 e. The van der Waals surface area contributed by atoms with E-state index in [0.717, 1.165) is 12.8 Å². The number of carbonyl (C=O) groups excluding carboxylic acids is 1. The molecule has 2 amide bonds. The lowest BCUT2D eigenvalue weighted by Gasteiger charge is -2.36. The Labute approximate surface area is 101 Å². The Morgan fingerprint density at radius 1 is 1.41 bits per heavy atom. The van der Waals surface area contributed by atoms with E-state index in [0.29, 0.717) is 13.2 Å². The molecule has 98 valence electrons. The maximum atomic E-state index is 11.9. The lowest BCUT2D eigenvalue weighted by Crippen LogP contribution is -2.55. The number of carboxylic acid groups (broad SMARTS) is 1. The van der Waals surface area contributed by atoms with Crippen LogP contribution in [0.15, 0.2) is 0 Å². The lowest BCUT2D eigenvalue weighted by molar-refractivity contribution is -0.141. The molecular weight excluding hydrogens is 224 g/mol. The van der Waals surface area contributed by atoms with Gasteiger partial charge in [0.25, 0.3) is 0 Å². The van der Waals surface area contributed by atoms with E-state index in [4.69, 9.17) is 9.84 Å². The van der Waals surface area contributed by atoms with Crippen LogP contribution in [-0.4, -0.2) is 53.8 Å². The van der Waals surface area contributed by atoms with Crippen molar-refractivity contribution in [2.45, 2.75) is 38.3 Å². The van der Waals surface area contributed by atoms with E-state index in [1.165, 1.54) is 18.9 Å². The number of hydrogen-bond donors (Lipinski definition) is 2. The van der Waals surface area contributed by atoms with Crippen molar-refractivity contribution in [1.82, 2.24) is 10.2 Å². The third kappa shape index (κ3) is 3.59. The summed E-state index contributed by atoms with van der Waals surface area (Å²) in [4.78, 5) is 23.8. The monoisotopic (exact) mass is 244 g/mol. The van der Waals surface area contributed by atoms with Crippen molar-refractivity contribution >= 4 is 12.0 Å². The highest BCUT2D eigenvalue weighted by Crippen LogP contribution is 2.20. The van der Waals surface area contributed by atoms with Crippen molar-refractivity contribution in [3.05, 3.63) is 0 Å². The molecule has 0 aliphatic carbocycles. The van der Waals surface area contributed by atoms with Gasteiger partial charge in [-0.15, -0.1) is 0 Å². The second-order valence-electron chi connectivity index (χ2n) is 4.73. The minimum absolute atomic E-state index is 0.304. The molecule has 1 atom stereocenters. The van der Waals surface area contributed by atoms with Gasteiger partial charge in [-0.2, -0.15) is 0 Å². The van der Waals surface area contributed by atoms with Crippen molar-refractivity contribution in [2.75, 3.05) is 20.3 Å². The quantitative estimate of drug-likeness (QED) is 0.764. The summed E-state index contributed by atoms with van der Waals surface area (Å²) in [7, 11) is 1.48. The topological polar surface area (TPSA) is 78.9 Å². The van der Waals surface area contributed by atoms with E-state index in [-0.39, 0.29) is 11.6 Å². The van der Waals surface area contributed by atoms with Gasteiger partial charge < -0.3 is 20.1 Å². The minimum atomic E-state index is -1.01. The smallest absolute Gasteiger partial charge is 0.326 e. The molecule has 1 aliphatic rings.